The third-order valence-electron chi connectivity index (χ3n) is 5.85. The number of hydrogen-bond acceptors (Lipinski definition) is 4. The summed E-state index contributed by atoms with van der Waals surface area (Å²) in [6.45, 7) is 2.85. The van der Waals surface area contributed by atoms with E-state index in [1.165, 1.54) is 25.0 Å². The van der Waals surface area contributed by atoms with Crippen molar-refractivity contribution in [2.45, 2.75) is 38.8 Å². The summed E-state index contributed by atoms with van der Waals surface area (Å²) in [6.07, 6.45) is 1.63. The van der Waals surface area contributed by atoms with Crippen LogP contribution in [0.5, 0.6) is 5.75 Å². The van der Waals surface area contributed by atoms with Crippen molar-refractivity contribution < 1.29 is 27.8 Å². The molecule has 0 aliphatic carbocycles. The van der Waals surface area contributed by atoms with E-state index in [2.05, 4.69) is 16.9 Å². The number of unbranched alkanes of at least 4 members (excludes halogenated alkanes) is 3. The monoisotopic (exact) mass is 494 g/mol. The van der Waals surface area contributed by atoms with E-state index >= 15 is 0 Å². The predicted molar refractivity (Wildman–Crippen MR) is 132 cm³/mol. The summed E-state index contributed by atoms with van der Waals surface area (Å²) >= 11 is 0. The standard InChI is InChI=1S/C28H25F3N2O3/c1-2-3-4-5-14-36-21-10-6-18(7-11-21)19-8-12-25(32-17-19)26-16-23(27(34)35)22-15-20(28(29,30)31)9-13-24(22)33-26/h6-13,15-17H,2-5,14H2,1H3,(H,34,35). The summed E-state index contributed by atoms with van der Waals surface area (Å²) in [4.78, 5) is 20.6. The molecule has 0 saturated heterocycles. The molecule has 2 aromatic heterocycles. The fourth-order valence-electron chi connectivity index (χ4n) is 3.89. The third-order valence-corrected chi connectivity index (χ3v) is 5.85. The molecule has 2 heterocycles. The summed E-state index contributed by atoms with van der Waals surface area (Å²) in [5.74, 6) is -0.540. The second-order valence-corrected chi connectivity index (χ2v) is 8.46. The minimum absolute atomic E-state index is 0.0784. The quantitative estimate of drug-likeness (QED) is 0.242. The molecule has 186 valence electrons. The number of rotatable bonds is 9. The van der Waals surface area contributed by atoms with Gasteiger partial charge in [0, 0.05) is 17.1 Å². The number of ether oxygens (including phenoxy) is 1. The zero-order chi connectivity index (χ0) is 25.7. The predicted octanol–water partition coefficient (Wildman–Crippen LogP) is 7.64. The molecule has 36 heavy (non-hydrogen) atoms. The molecule has 4 aromatic rings. The van der Waals surface area contributed by atoms with E-state index in [0.29, 0.717) is 12.3 Å². The van der Waals surface area contributed by atoms with Crippen molar-refractivity contribution in [2.75, 3.05) is 6.61 Å². The number of carboxylic acids is 1. The Morgan fingerprint density at radius 3 is 2.31 bits per heavy atom. The van der Waals surface area contributed by atoms with E-state index in [-0.39, 0.29) is 22.2 Å². The van der Waals surface area contributed by atoms with Crippen molar-refractivity contribution >= 4 is 16.9 Å². The zero-order valence-corrected chi connectivity index (χ0v) is 19.7. The fourth-order valence-corrected chi connectivity index (χ4v) is 3.89. The smallest absolute Gasteiger partial charge is 0.416 e. The number of benzene rings is 2. The number of carboxylic acid groups (broad SMARTS) is 1. The van der Waals surface area contributed by atoms with Crippen molar-refractivity contribution in [2.24, 2.45) is 0 Å². The molecule has 0 aliphatic heterocycles. The first-order valence-electron chi connectivity index (χ1n) is 11.7. The molecule has 4 rings (SSSR count). The molecule has 8 heteroatoms. The molecule has 0 bridgehead atoms. The first-order chi connectivity index (χ1) is 17.3. The van der Waals surface area contributed by atoms with Gasteiger partial charge in [0.15, 0.2) is 0 Å². The van der Waals surface area contributed by atoms with Crippen molar-refractivity contribution in [1.29, 1.82) is 0 Å². The van der Waals surface area contributed by atoms with E-state index < -0.39 is 17.7 Å². The molecule has 0 atom stereocenters. The van der Waals surface area contributed by atoms with Crippen LogP contribution in [0, 0.1) is 0 Å². The average molecular weight is 495 g/mol. The SMILES string of the molecule is CCCCCCOc1ccc(-c2ccc(-c3cc(C(=O)O)c4cc(C(F)(F)F)ccc4n3)nc2)cc1. The molecule has 0 fully saturated rings. The summed E-state index contributed by atoms with van der Waals surface area (Å²) in [5.41, 5.74) is 1.41. The first-order valence-corrected chi connectivity index (χ1v) is 11.7. The van der Waals surface area contributed by atoms with Crippen LogP contribution in [-0.4, -0.2) is 27.7 Å². The van der Waals surface area contributed by atoms with Gasteiger partial charge in [-0.05, 0) is 54.4 Å². The fraction of sp³-hybridized carbons (Fsp3) is 0.250. The van der Waals surface area contributed by atoms with Crippen LogP contribution in [0.25, 0.3) is 33.4 Å². The third kappa shape index (κ3) is 5.82. The Kier molecular flexibility index (Phi) is 7.52. The number of hydrogen-bond donors (Lipinski definition) is 1. The van der Waals surface area contributed by atoms with Crippen molar-refractivity contribution in [1.82, 2.24) is 9.97 Å². The van der Waals surface area contributed by atoms with Crippen molar-refractivity contribution in [3.63, 3.8) is 0 Å². The van der Waals surface area contributed by atoms with Gasteiger partial charge in [-0.3, -0.25) is 4.98 Å². The highest BCUT2D eigenvalue weighted by Gasteiger charge is 2.31. The van der Waals surface area contributed by atoms with E-state index in [9.17, 15) is 23.1 Å². The van der Waals surface area contributed by atoms with Gasteiger partial charge in [-0.2, -0.15) is 13.2 Å². The summed E-state index contributed by atoms with van der Waals surface area (Å²) in [5, 5.41) is 9.54. The summed E-state index contributed by atoms with van der Waals surface area (Å²) < 4.78 is 45.1. The minimum atomic E-state index is -4.58. The van der Waals surface area contributed by atoms with Crippen LogP contribution >= 0.6 is 0 Å². The molecule has 0 spiro atoms. The molecule has 0 unspecified atom stereocenters. The van der Waals surface area contributed by atoms with Crippen LogP contribution in [0.1, 0.15) is 48.5 Å². The lowest BCUT2D eigenvalue weighted by Crippen LogP contribution is -2.06. The molecular formula is C28H25F3N2O3. The maximum absolute atomic E-state index is 13.1. The number of nitrogens with zero attached hydrogens (tertiary/aromatic N) is 2. The van der Waals surface area contributed by atoms with Crippen LogP contribution in [0.3, 0.4) is 0 Å². The van der Waals surface area contributed by atoms with Gasteiger partial charge in [-0.1, -0.05) is 44.4 Å². The molecule has 0 saturated carbocycles. The Morgan fingerprint density at radius 2 is 1.67 bits per heavy atom. The Labute approximate surface area is 206 Å². The lowest BCUT2D eigenvalue weighted by Gasteiger charge is -2.11. The zero-order valence-electron chi connectivity index (χ0n) is 19.7. The lowest BCUT2D eigenvalue weighted by atomic mass is 10.0. The van der Waals surface area contributed by atoms with Crippen LogP contribution in [-0.2, 0) is 6.18 Å². The highest BCUT2D eigenvalue weighted by atomic mass is 19.4. The number of pyridine rings is 2. The van der Waals surface area contributed by atoms with E-state index in [1.807, 2.05) is 30.3 Å². The van der Waals surface area contributed by atoms with Crippen molar-refractivity contribution in [3.05, 3.63) is 78.0 Å². The highest BCUT2D eigenvalue weighted by molar-refractivity contribution is 6.03. The number of carbonyl (C=O) groups is 1. The van der Waals surface area contributed by atoms with Gasteiger partial charge in [0.05, 0.1) is 34.6 Å². The second kappa shape index (κ2) is 10.8. The van der Waals surface area contributed by atoms with Gasteiger partial charge < -0.3 is 9.84 Å². The largest absolute Gasteiger partial charge is 0.494 e. The number of alkyl halides is 3. The Balaban J connectivity index is 1.55. The average Bonchev–Trinajstić information content (AvgIpc) is 2.87. The minimum Gasteiger partial charge on any atom is -0.494 e. The Morgan fingerprint density at radius 1 is 0.917 bits per heavy atom. The van der Waals surface area contributed by atoms with Gasteiger partial charge in [-0.25, -0.2) is 9.78 Å². The van der Waals surface area contributed by atoms with Gasteiger partial charge >= 0.3 is 12.1 Å². The maximum Gasteiger partial charge on any atom is 0.416 e. The van der Waals surface area contributed by atoms with Crippen LogP contribution in [0.2, 0.25) is 0 Å². The van der Waals surface area contributed by atoms with Gasteiger partial charge in [0.1, 0.15) is 5.75 Å². The van der Waals surface area contributed by atoms with Crippen LogP contribution in [0.4, 0.5) is 13.2 Å². The van der Waals surface area contributed by atoms with E-state index in [4.69, 9.17) is 4.74 Å². The molecule has 0 aliphatic rings. The van der Waals surface area contributed by atoms with Gasteiger partial charge in [0.25, 0.3) is 0 Å². The summed E-state index contributed by atoms with van der Waals surface area (Å²) in [6, 6.07) is 15.4. The van der Waals surface area contributed by atoms with Crippen LogP contribution in [0.15, 0.2) is 66.9 Å². The Hall–Kier alpha value is -3.94. The van der Waals surface area contributed by atoms with Crippen LogP contribution < -0.4 is 4.74 Å². The highest BCUT2D eigenvalue weighted by Crippen LogP contribution is 2.33. The molecule has 0 amide bonds. The maximum atomic E-state index is 13.1. The second-order valence-electron chi connectivity index (χ2n) is 8.46. The first kappa shape index (κ1) is 25.2. The topological polar surface area (TPSA) is 72.3 Å². The molecule has 0 radical (unpaired) electrons. The Bertz CT molecular complexity index is 1350. The van der Waals surface area contributed by atoms with Gasteiger partial charge in [-0.15, -0.1) is 0 Å². The molecular weight excluding hydrogens is 469 g/mol. The molecule has 5 nitrogen and oxygen atoms in total. The van der Waals surface area contributed by atoms with Crippen molar-refractivity contribution in [3.8, 4) is 28.3 Å². The summed E-state index contributed by atoms with van der Waals surface area (Å²) in [7, 11) is 0. The normalized spacial score (nSPS) is 11.6. The van der Waals surface area contributed by atoms with Gasteiger partial charge in [0.2, 0.25) is 0 Å². The number of aromatic nitrogens is 2. The molecule has 2 aromatic carbocycles. The lowest BCUT2D eigenvalue weighted by molar-refractivity contribution is -0.137. The number of aromatic carboxylic acids is 1. The molecule has 1 N–H and O–H groups in total. The number of fused-ring (bicyclic) bond motifs is 1. The van der Waals surface area contributed by atoms with E-state index in [0.717, 1.165) is 41.9 Å². The number of halogens is 3. The van der Waals surface area contributed by atoms with E-state index in [1.54, 1.807) is 12.3 Å².